The zero-order valence-electron chi connectivity index (χ0n) is 18.2. The van der Waals surface area contributed by atoms with E-state index in [1.165, 1.54) is 11.8 Å². The molecule has 4 rings (SSSR count). The number of hydrogen-bond donors (Lipinski definition) is 1. The summed E-state index contributed by atoms with van der Waals surface area (Å²) in [7, 11) is 1.59. The number of hydrogen-bond acceptors (Lipinski definition) is 6. The summed E-state index contributed by atoms with van der Waals surface area (Å²) >= 11 is 1.31. The third-order valence-electron chi connectivity index (χ3n) is 4.90. The highest BCUT2D eigenvalue weighted by Crippen LogP contribution is 2.26. The van der Waals surface area contributed by atoms with E-state index in [9.17, 15) is 4.79 Å². The monoisotopic (exact) mass is 460 g/mol. The average molecular weight is 461 g/mol. The lowest BCUT2D eigenvalue weighted by molar-refractivity contribution is -0.113. The summed E-state index contributed by atoms with van der Waals surface area (Å²) in [5.41, 5.74) is 0.677. The van der Waals surface area contributed by atoms with Gasteiger partial charge in [0.2, 0.25) is 5.91 Å². The van der Waals surface area contributed by atoms with Crippen molar-refractivity contribution < 1.29 is 14.3 Å². The second-order valence-corrected chi connectivity index (χ2v) is 8.08. The molecule has 0 aliphatic rings. The molecule has 3 aromatic carbocycles. The van der Waals surface area contributed by atoms with Crippen molar-refractivity contribution in [1.29, 1.82) is 0 Å². The number of aromatic nitrogens is 3. The molecule has 168 valence electrons. The molecular formula is C25H24N4O3S. The molecule has 0 atom stereocenters. The number of methoxy groups -OCH3 is 1. The predicted octanol–water partition coefficient (Wildman–Crippen LogP) is 4.94. The zero-order chi connectivity index (χ0) is 23.0. The minimum Gasteiger partial charge on any atom is -0.497 e. The smallest absolute Gasteiger partial charge is 0.234 e. The first-order valence-corrected chi connectivity index (χ1v) is 11.4. The number of nitrogens with zero attached hydrogens (tertiary/aromatic N) is 3. The van der Waals surface area contributed by atoms with Gasteiger partial charge < -0.3 is 14.8 Å². The van der Waals surface area contributed by atoms with Gasteiger partial charge in [0.15, 0.2) is 11.0 Å². The SMILES string of the molecule is C=CCn1c(COc2cccc3ccccc23)nnc1SCC(=O)Nc1cccc(OC)c1. The summed E-state index contributed by atoms with van der Waals surface area (Å²) in [5.74, 6) is 2.18. The van der Waals surface area contributed by atoms with E-state index in [0.717, 1.165) is 16.5 Å². The van der Waals surface area contributed by atoms with Crippen molar-refractivity contribution in [3.05, 3.63) is 85.2 Å². The van der Waals surface area contributed by atoms with Gasteiger partial charge in [0.05, 0.1) is 12.9 Å². The summed E-state index contributed by atoms with van der Waals surface area (Å²) in [5, 5.41) is 14.2. The van der Waals surface area contributed by atoms with Crippen molar-refractivity contribution in [3.8, 4) is 11.5 Å². The molecule has 0 aliphatic carbocycles. The number of thioether (sulfide) groups is 1. The molecule has 1 heterocycles. The molecule has 1 aromatic heterocycles. The highest BCUT2D eigenvalue weighted by molar-refractivity contribution is 7.99. The number of ether oxygens (including phenoxy) is 2. The minimum absolute atomic E-state index is 0.144. The van der Waals surface area contributed by atoms with Crippen LogP contribution in [0.5, 0.6) is 11.5 Å². The van der Waals surface area contributed by atoms with Crippen LogP contribution in [-0.2, 0) is 17.9 Å². The van der Waals surface area contributed by atoms with Gasteiger partial charge in [-0.25, -0.2) is 0 Å². The number of carbonyl (C=O) groups is 1. The molecule has 33 heavy (non-hydrogen) atoms. The fourth-order valence-corrected chi connectivity index (χ4v) is 4.10. The van der Waals surface area contributed by atoms with Crippen LogP contribution < -0.4 is 14.8 Å². The Kier molecular flexibility index (Phi) is 7.26. The van der Waals surface area contributed by atoms with E-state index in [1.54, 1.807) is 19.3 Å². The number of carbonyl (C=O) groups excluding carboxylic acids is 1. The molecular weight excluding hydrogens is 436 g/mol. The first kappa shape index (κ1) is 22.4. The summed E-state index contributed by atoms with van der Waals surface area (Å²) < 4.78 is 13.2. The third kappa shape index (κ3) is 5.53. The Morgan fingerprint density at radius 1 is 1.12 bits per heavy atom. The van der Waals surface area contributed by atoms with Crippen LogP contribution in [0.1, 0.15) is 5.82 Å². The molecule has 0 bridgehead atoms. The molecule has 0 unspecified atom stereocenters. The van der Waals surface area contributed by atoms with Gasteiger partial charge in [0.1, 0.15) is 18.1 Å². The molecule has 8 heteroatoms. The first-order valence-electron chi connectivity index (χ1n) is 10.4. The highest BCUT2D eigenvalue weighted by Gasteiger charge is 2.15. The maximum Gasteiger partial charge on any atom is 0.234 e. The van der Waals surface area contributed by atoms with Crippen LogP contribution in [0.4, 0.5) is 5.69 Å². The van der Waals surface area contributed by atoms with Crippen LogP contribution in [0.15, 0.2) is 84.5 Å². The molecule has 0 fully saturated rings. The number of fused-ring (bicyclic) bond motifs is 1. The van der Waals surface area contributed by atoms with Gasteiger partial charge in [-0.15, -0.1) is 16.8 Å². The van der Waals surface area contributed by atoms with Gasteiger partial charge in [-0.2, -0.15) is 0 Å². The lowest BCUT2D eigenvalue weighted by Gasteiger charge is -2.11. The predicted molar refractivity (Wildman–Crippen MR) is 131 cm³/mol. The largest absolute Gasteiger partial charge is 0.497 e. The Hall–Kier alpha value is -3.78. The second-order valence-electron chi connectivity index (χ2n) is 7.13. The van der Waals surface area contributed by atoms with Crippen LogP contribution in [0.2, 0.25) is 0 Å². The number of anilines is 1. The van der Waals surface area contributed by atoms with Crippen LogP contribution >= 0.6 is 11.8 Å². The van der Waals surface area contributed by atoms with Crippen molar-refractivity contribution in [2.75, 3.05) is 18.2 Å². The van der Waals surface area contributed by atoms with E-state index in [4.69, 9.17) is 9.47 Å². The van der Waals surface area contributed by atoms with Gasteiger partial charge in [0.25, 0.3) is 0 Å². The standard InChI is InChI=1S/C25H24N4O3S/c1-3-14-29-23(16-32-22-13-6-9-18-8-4-5-12-21(18)22)27-28-25(29)33-17-24(30)26-19-10-7-11-20(15-19)31-2/h3-13,15H,1,14,16-17H2,2H3,(H,26,30). The van der Waals surface area contributed by atoms with Crippen molar-refractivity contribution in [1.82, 2.24) is 14.8 Å². The van der Waals surface area contributed by atoms with Crippen molar-refractivity contribution in [2.24, 2.45) is 0 Å². The fraction of sp³-hybridized carbons (Fsp3) is 0.160. The Morgan fingerprint density at radius 2 is 1.94 bits per heavy atom. The molecule has 0 saturated heterocycles. The molecule has 0 aliphatic heterocycles. The van der Waals surface area contributed by atoms with Crippen LogP contribution in [0.25, 0.3) is 10.8 Å². The number of nitrogens with one attached hydrogen (secondary N) is 1. The molecule has 1 N–H and O–H groups in total. The van der Waals surface area contributed by atoms with Gasteiger partial charge in [-0.3, -0.25) is 9.36 Å². The Labute approximate surface area is 196 Å². The Bertz CT molecular complexity index is 1270. The molecule has 4 aromatic rings. The van der Waals surface area contributed by atoms with E-state index in [1.807, 2.05) is 65.2 Å². The van der Waals surface area contributed by atoms with E-state index in [0.29, 0.717) is 29.0 Å². The van der Waals surface area contributed by atoms with Crippen LogP contribution in [-0.4, -0.2) is 33.5 Å². The molecule has 0 saturated carbocycles. The second kappa shape index (κ2) is 10.7. The summed E-state index contributed by atoms with van der Waals surface area (Å²) in [6, 6.07) is 21.3. The lowest BCUT2D eigenvalue weighted by Crippen LogP contribution is -2.15. The first-order chi connectivity index (χ1) is 16.2. The maximum absolute atomic E-state index is 12.4. The molecule has 0 spiro atoms. The average Bonchev–Trinajstić information content (AvgIpc) is 3.23. The summed E-state index contributed by atoms with van der Waals surface area (Å²) in [6.45, 7) is 4.60. The maximum atomic E-state index is 12.4. The van der Waals surface area contributed by atoms with E-state index >= 15 is 0 Å². The zero-order valence-corrected chi connectivity index (χ0v) is 19.0. The van der Waals surface area contributed by atoms with E-state index in [2.05, 4.69) is 22.1 Å². The van der Waals surface area contributed by atoms with Gasteiger partial charge in [0, 0.05) is 23.7 Å². The van der Waals surface area contributed by atoms with E-state index < -0.39 is 0 Å². The number of benzene rings is 3. The quantitative estimate of drug-likeness (QED) is 0.267. The van der Waals surface area contributed by atoms with E-state index in [-0.39, 0.29) is 18.3 Å². The van der Waals surface area contributed by atoms with Gasteiger partial charge in [-0.05, 0) is 23.6 Å². The summed E-state index contributed by atoms with van der Waals surface area (Å²) in [4.78, 5) is 12.4. The Balaban J connectivity index is 1.41. The van der Waals surface area contributed by atoms with Crippen molar-refractivity contribution in [3.63, 3.8) is 0 Å². The van der Waals surface area contributed by atoms with Crippen molar-refractivity contribution in [2.45, 2.75) is 18.3 Å². The minimum atomic E-state index is -0.144. The van der Waals surface area contributed by atoms with Gasteiger partial charge >= 0.3 is 0 Å². The van der Waals surface area contributed by atoms with Crippen molar-refractivity contribution >= 4 is 34.1 Å². The highest BCUT2D eigenvalue weighted by atomic mass is 32.2. The van der Waals surface area contributed by atoms with Gasteiger partial charge in [-0.1, -0.05) is 60.3 Å². The number of allylic oxidation sites excluding steroid dienone is 1. The fourth-order valence-electron chi connectivity index (χ4n) is 3.34. The lowest BCUT2D eigenvalue weighted by atomic mass is 10.1. The normalized spacial score (nSPS) is 10.7. The Morgan fingerprint density at radius 3 is 2.79 bits per heavy atom. The molecule has 0 radical (unpaired) electrons. The number of rotatable bonds is 10. The number of amides is 1. The third-order valence-corrected chi connectivity index (χ3v) is 5.86. The molecule has 7 nitrogen and oxygen atoms in total. The topological polar surface area (TPSA) is 78.3 Å². The van der Waals surface area contributed by atoms with Crippen LogP contribution in [0, 0.1) is 0 Å². The summed E-state index contributed by atoms with van der Waals surface area (Å²) in [6.07, 6.45) is 1.77. The van der Waals surface area contributed by atoms with Crippen LogP contribution in [0.3, 0.4) is 0 Å². The molecule has 1 amide bonds.